The van der Waals surface area contributed by atoms with Gasteiger partial charge >= 0.3 is 5.97 Å². The lowest BCUT2D eigenvalue weighted by atomic mass is 9.76. The summed E-state index contributed by atoms with van der Waals surface area (Å²) in [5, 5.41) is 13.1. The summed E-state index contributed by atoms with van der Waals surface area (Å²) in [6.07, 6.45) is 8.02. The maximum Gasteiger partial charge on any atom is 0.332 e. The highest BCUT2D eigenvalue weighted by Crippen LogP contribution is 2.47. The van der Waals surface area contributed by atoms with Gasteiger partial charge in [0.15, 0.2) is 5.82 Å². The van der Waals surface area contributed by atoms with Gasteiger partial charge in [0.25, 0.3) is 5.91 Å². The van der Waals surface area contributed by atoms with E-state index in [2.05, 4.69) is 29.1 Å². The number of hydrogen-bond acceptors (Lipinski definition) is 5. The lowest BCUT2D eigenvalue weighted by Gasteiger charge is -2.29. The van der Waals surface area contributed by atoms with Gasteiger partial charge in [0, 0.05) is 28.4 Å². The molecule has 0 atom stereocenters. The van der Waals surface area contributed by atoms with Crippen LogP contribution in [0.5, 0.6) is 0 Å². The molecule has 6 nitrogen and oxygen atoms in total. The summed E-state index contributed by atoms with van der Waals surface area (Å²) in [6.45, 7) is 4.51. The molecule has 28 heavy (non-hydrogen) atoms. The van der Waals surface area contributed by atoms with Crippen LogP contribution in [0.3, 0.4) is 0 Å². The number of carbonyl (C=O) groups excluding carboxylic acids is 1. The minimum absolute atomic E-state index is 0.184. The Kier molecular flexibility index (Phi) is 4.79. The largest absolute Gasteiger partial charge is 0.478 e. The molecule has 146 valence electrons. The van der Waals surface area contributed by atoms with Crippen LogP contribution < -0.4 is 5.32 Å². The summed E-state index contributed by atoms with van der Waals surface area (Å²) in [5.74, 6) is -0.710. The number of aliphatic carboxylic acids is 1. The number of carboxylic acid groups (broad SMARTS) is 1. The predicted octanol–water partition coefficient (Wildman–Crippen LogP) is 4.22. The molecule has 2 aliphatic rings. The zero-order valence-electron chi connectivity index (χ0n) is 16.0. The average Bonchev–Trinajstić information content (AvgIpc) is 3.26. The van der Waals surface area contributed by atoms with Crippen molar-refractivity contribution in [2.75, 3.05) is 5.32 Å². The maximum absolute atomic E-state index is 12.9. The number of thiophene rings is 1. The van der Waals surface area contributed by atoms with Crippen LogP contribution in [-0.2, 0) is 22.4 Å². The molecule has 2 heterocycles. The van der Waals surface area contributed by atoms with Crippen molar-refractivity contribution in [3.63, 3.8) is 0 Å². The number of carbonyl (C=O) groups is 2. The highest BCUT2D eigenvalue weighted by atomic mass is 32.1. The Morgan fingerprint density at radius 1 is 1.14 bits per heavy atom. The van der Waals surface area contributed by atoms with Crippen molar-refractivity contribution in [3.05, 3.63) is 40.0 Å². The molecule has 0 aromatic carbocycles. The van der Waals surface area contributed by atoms with Gasteiger partial charge < -0.3 is 10.4 Å². The number of amides is 1. The van der Waals surface area contributed by atoms with Crippen molar-refractivity contribution in [1.82, 2.24) is 9.97 Å². The van der Waals surface area contributed by atoms with Gasteiger partial charge in [0.2, 0.25) is 0 Å². The Bertz CT molecular complexity index is 976. The van der Waals surface area contributed by atoms with Crippen LogP contribution in [0.1, 0.15) is 50.0 Å². The molecular formula is C21H23N3O3S. The number of aryl methyl sites for hydroxylation is 1. The second-order valence-electron chi connectivity index (χ2n) is 8.19. The summed E-state index contributed by atoms with van der Waals surface area (Å²) in [7, 11) is 0. The summed E-state index contributed by atoms with van der Waals surface area (Å²) in [5.41, 5.74) is 2.90. The van der Waals surface area contributed by atoms with Gasteiger partial charge in [-0.3, -0.25) is 4.79 Å². The number of nitrogens with one attached hydrogen (secondary N) is 1. The van der Waals surface area contributed by atoms with E-state index in [4.69, 9.17) is 0 Å². The summed E-state index contributed by atoms with van der Waals surface area (Å²) >= 11 is 1.57. The SMILES string of the molecule is CC1(C)CCc2sc(NC(=O)C3=C(C(=O)O)CCC3)c(-c3ncccn3)c2C1. The number of fused-ring (bicyclic) bond motifs is 1. The van der Waals surface area contributed by atoms with Crippen LogP contribution in [0.15, 0.2) is 29.6 Å². The molecule has 7 heteroatoms. The smallest absolute Gasteiger partial charge is 0.332 e. The number of hydrogen-bond donors (Lipinski definition) is 2. The first-order chi connectivity index (χ1) is 13.4. The van der Waals surface area contributed by atoms with E-state index in [9.17, 15) is 14.7 Å². The van der Waals surface area contributed by atoms with Gasteiger partial charge in [-0.2, -0.15) is 0 Å². The number of rotatable bonds is 4. The lowest BCUT2D eigenvalue weighted by molar-refractivity contribution is -0.133. The van der Waals surface area contributed by atoms with E-state index in [1.165, 1.54) is 10.4 Å². The Morgan fingerprint density at radius 3 is 2.57 bits per heavy atom. The van der Waals surface area contributed by atoms with Crippen molar-refractivity contribution in [3.8, 4) is 11.4 Å². The predicted molar refractivity (Wildman–Crippen MR) is 108 cm³/mol. The van der Waals surface area contributed by atoms with Gasteiger partial charge in [-0.25, -0.2) is 14.8 Å². The molecule has 2 aliphatic carbocycles. The third-order valence-electron chi connectivity index (χ3n) is 5.54. The van der Waals surface area contributed by atoms with E-state index < -0.39 is 5.97 Å². The van der Waals surface area contributed by atoms with E-state index in [1.807, 2.05) is 0 Å². The summed E-state index contributed by atoms with van der Waals surface area (Å²) in [6, 6.07) is 1.77. The van der Waals surface area contributed by atoms with E-state index in [1.54, 1.807) is 29.8 Å². The van der Waals surface area contributed by atoms with Crippen LogP contribution >= 0.6 is 11.3 Å². The Labute approximate surface area is 167 Å². The van der Waals surface area contributed by atoms with E-state index >= 15 is 0 Å². The van der Waals surface area contributed by atoms with E-state index in [0.717, 1.165) is 29.8 Å². The minimum atomic E-state index is -0.999. The van der Waals surface area contributed by atoms with E-state index in [-0.39, 0.29) is 16.9 Å². The summed E-state index contributed by atoms with van der Waals surface area (Å²) in [4.78, 5) is 34.4. The zero-order chi connectivity index (χ0) is 19.9. The van der Waals surface area contributed by atoms with Crippen LogP contribution in [0.2, 0.25) is 0 Å². The third-order valence-corrected chi connectivity index (χ3v) is 6.75. The molecule has 2 aromatic rings. The first-order valence-corrected chi connectivity index (χ1v) is 10.4. The van der Waals surface area contributed by atoms with Crippen molar-refractivity contribution >= 4 is 28.2 Å². The molecule has 0 saturated carbocycles. The fourth-order valence-corrected chi connectivity index (χ4v) is 5.29. The molecule has 4 rings (SSSR count). The second kappa shape index (κ2) is 7.13. The lowest BCUT2D eigenvalue weighted by Crippen LogP contribution is -2.21. The van der Waals surface area contributed by atoms with Gasteiger partial charge in [0.05, 0.1) is 5.56 Å². The van der Waals surface area contributed by atoms with Crippen molar-refractivity contribution in [2.45, 2.75) is 52.4 Å². The molecular weight excluding hydrogens is 374 g/mol. The molecule has 0 spiro atoms. The fraction of sp³-hybridized carbons (Fsp3) is 0.429. The number of anilines is 1. The molecule has 2 N–H and O–H groups in total. The molecule has 0 radical (unpaired) electrons. The Balaban J connectivity index is 1.76. The molecule has 0 unspecified atom stereocenters. The molecule has 1 amide bonds. The maximum atomic E-state index is 12.9. The monoisotopic (exact) mass is 397 g/mol. The normalized spacial score (nSPS) is 18.1. The minimum Gasteiger partial charge on any atom is -0.478 e. The van der Waals surface area contributed by atoms with Crippen molar-refractivity contribution < 1.29 is 14.7 Å². The fourth-order valence-electron chi connectivity index (χ4n) is 4.08. The van der Waals surface area contributed by atoms with E-state index in [0.29, 0.717) is 30.7 Å². The van der Waals surface area contributed by atoms with Crippen LogP contribution in [0.4, 0.5) is 5.00 Å². The molecule has 0 bridgehead atoms. The first-order valence-electron chi connectivity index (χ1n) is 9.54. The first kappa shape index (κ1) is 18.8. The molecule has 0 fully saturated rings. The van der Waals surface area contributed by atoms with Crippen LogP contribution in [0.25, 0.3) is 11.4 Å². The van der Waals surface area contributed by atoms with Gasteiger partial charge in [-0.05, 0) is 55.6 Å². The van der Waals surface area contributed by atoms with Crippen LogP contribution in [-0.4, -0.2) is 27.0 Å². The highest BCUT2D eigenvalue weighted by Gasteiger charge is 2.33. The van der Waals surface area contributed by atoms with Gasteiger partial charge in [0.1, 0.15) is 5.00 Å². The second-order valence-corrected chi connectivity index (χ2v) is 9.30. The third kappa shape index (κ3) is 3.46. The van der Waals surface area contributed by atoms with Crippen LogP contribution in [0, 0.1) is 5.41 Å². The Morgan fingerprint density at radius 2 is 1.86 bits per heavy atom. The van der Waals surface area contributed by atoms with Crippen molar-refractivity contribution in [2.24, 2.45) is 5.41 Å². The Hall–Kier alpha value is -2.54. The topological polar surface area (TPSA) is 92.2 Å². The number of carboxylic acids is 1. The summed E-state index contributed by atoms with van der Waals surface area (Å²) < 4.78 is 0. The highest BCUT2D eigenvalue weighted by molar-refractivity contribution is 7.17. The standard InChI is InChI=1S/C21H23N3O3S/c1-21(2)8-7-15-14(11-21)16(17-22-9-4-10-23-17)19(28-15)24-18(25)12-5-3-6-13(12)20(26)27/h4,9-10H,3,5-8,11H2,1-2H3,(H,24,25)(H,26,27). The average molecular weight is 398 g/mol. The molecule has 2 aromatic heterocycles. The molecule has 0 aliphatic heterocycles. The van der Waals surface area contributed by atoms with Gasteiger partial charge in [-0.1, -0.05) is 13.8 Å². The number of nitrogens with zero attached hydrogens (tertiary/aromatic N) is 2. The van der Waals surface area contributed by atoms with Crippen molar-refractivity contribution in [1.29, 1.82) is 0 Å². The quantitative estimate of drug-likeness (QED) is 0.806. The zero-order valence-corrected chi connectivity index (χ0v) is 16.9. The molecule has 0 saturated heterocycles. The number of aromatic nitrogens is 2. The van der Waals surface area contributed by atoms with Gasteiger partial charge in [-0.15, -0.1) is 11.3 Å².